The van der Waals surface area contributed by atoms with E-state index in [0.29, 0.717) is 16.5 Å². The number of amides is 1. The maximum absolute atomic E-state index is 13.1. The molecule has 0 spiro atoms. The number of para-hydroxylation sites is 2. The highest BCUT2D eigenvalue weighted by molar-refractivity contribution is 7.92. The highest BCUT2D eigenvalue weighted by atomic mass is 35.5. The summed E-state index contributed by atoms with van der Waals surface area (Å²) in [5.41, 5.74) is -0.196. The van der Waals surface area contributed by atoms with E-state index >= 15 is 0 Å². The molecule has 0 unspecified atom stereocenters. The van der Waals surface area contributed by atoms with Gasteiger partial charge in [0.1, 0.15) is 17.2 Å². The second-order valence-corrected chi connectivity index (χ2v) is 10.7. The Morgan fingerprint density at radius 3 is 2.17 bits per heavy atom. The van der Waals surface area contributed by atoms with Gasteiger partial charge in [-0.05, 0) is 60.7 Å². The van der Waals surface area contributed by atoms with Gasteiger partial charge in [-0.15, -0.1) is 13.2 Å². The molecule has 0 aliphatic heterocycles. The van der Waals surface area contributed by atoms with E-state index in [0.717, 1.165) is 6.07 Å². The molecule has 0 atom stereocenters. The van der Waals surface area contributed by atoms with Crippen molar-refractivity contribution in [2.45, 2.75) is 17.8 Å². The van der Waals surface area contributed by atoms with Crippen molar-refractivity contribution in [1.82, 2.24) is 5.32 Å². The monoisotopic (exact) mass is 610 g/mol. The molecule has 4 rings (SSSR count). The number of hydrogen-bond donors (Lipinski definition) is 2. The molecular weight excluding hydrogens is 592 g/mol. The van der Waals surface area contributed by atoms with Crippen LogP contribution in [0.2, 0.25) is 10.0 Å². The summed E-state index contributed by atoms with van der Waals surface area (Å²) in [5, 5.41) is 2.98. The molecule has 0 bridgehead atoms. The lowest BCUT2D eigenvalue weighted by atomic mass is 10.1. The number of ether oxygens (including phenoxy) is 2. The predicted molar refractivity (Wildman–Crippen MR) is 145 cm³/mol. The molecule has 0 heterocycles. The van der Waals surface area contributed by atoms with Gasteiger partial charge in [0.15, 0.2) is 0 Å². The Kier molecular flexibility index (Phi) is 8.77. The van der Waals surface area contributed by atoms with Crippen molar-refractivity contribution < 1.29 is 35.9 Å². The zero-order valence-electron chi connectivity index (χ0n) is 20.2. The first-order valence-electron chi connectivity index (χ1n) is 11.4. The van der Waals surface area contributed by atoms with Crippen LogP contribution in [0.4, 0.5) is 18.9 Å². The van der Waals surface area contributed by atoms with Crippen LogP contribution in [0.25, 0.3) is 0 Å². The number of carbonyl (C=O) groups excluding carboxylic acids is 1. The summed E-state index contributed by atoms with van der Waals surface area (Å²) in [6.45, 7) is -0.337. The summed E-state index contributed by atoms with van der Waals surface area (Å²) in [6, 6.07) is 21.5. The second kappa shape index (κ2) is 12.1. The number of halogens is 5. The number of benzene rings is 4. The van der Waals surface area contributed by atoms with Crippen molar-refractivity contribution in [2.75, 3.05) is 4.72 Å². The van der Waals surface area contributed by atoms with Crippen LogP contribution in [0, 0.1) is 0 Å². The van der Waals surface area contributed by atoms with E-state index in [1.54, 1.807) is 24.3 Å². The standard InChI is InChI=1S/C27H19Cl2F3N2O5S/c28-18-9-14-23(21(15-18)26(35)33-16-17-5-1-3-7-24(17)39-27(30,31)32)34-40(36,37)20-12-10-19(11-13-20)38-25-8-4-2-6-22(25)29/h1-15,34H,16H2,(H,33,35). The molecule has 2 N–H and O–H groups in total. The molecule has 0 aromatic heterocycles. The van der Waals surface area contributed by atoms with Gasteiger partial charge in [0.05, 0.1) is 21.2 Å². The maximum Gasteiger partial charge on any atom is 0.573 e. The number of carbonyl (C=O) groups is 1. The molecule has 0 saturated heterocycles. The van der Waals surface area contributed by atoms with Crippen LogP contribution in [-0.4, -0.2) is 20.7 Å². The van der Waals surface area contributed by atoms with Gasteiger partial charge in [-0.25, -0.2) is 8.42 Å². The van der Waals surface area contributed by atoms with E-state index in [4.69, 9.17) is 27.9 Å². The maximum atomic E-state index is 13.1. The van der Waals surface area contributed by atoms with Gasteiger partial charge in [0, 0.05) is 17.1 Å². The number of nitrogens with one attached hydrogen (secondary N) is 2. The van der Waals surface area contributed by atoms with Crippen LogP contribution in [-0.2, 0) is 16.6 Å². The minimum Gasteiger partial charge on any atom is -0.456 e. The molecule has 13 heteroatoms. The van der Waals surface area contributed by atoms with E-state index in [2.05, 4.69) is 14.8 Å². The van der Waals surface area contributed by atoms with Crippen molar-refractivity contribution in [1.29, 1.82) is 0 Å². The normalized spacial score (nSPS) is 11.5. The van der Waals surface area contributed by atoms with Gasteiger partial charge in [-0.1, -0.05) is 53.5 Å². The van der Waals surface area contributed by atoms with Crippen LogP contribution in [0.3, 0.4) is 0 Å². The molecule has 208 valence electrons. The number of alkyl halides is 3. The highest BCUT2D eigenvalue weighted by Crippen LogP contribution is 2.31. The van der Waals surface area contributed by atoms with Crippen LogP contribution in [0.15, 0.2) is 95.9 Å². The molecule has 0 aliphatic rings. The van der Waals surface area contributed by atoms with Gasteiger partial charge in [0.2, 0.25) is 0 Å². The Balaban J connectivity index is 1.50. The largest absolute Gasteiger partial charge is 0.573 e. The van der Waals surface area contributed by atoms with E-state index in [-0.39, 0.29) is 33.3 Å². The third-order valence-electron chi connectivity index (χ3n) is 5.31. The first kappa shape index (κ1) is 29.1. The Morgan fingerprint density at radius 1 is 0.850 bits per heavy atom. The molecule has 0 saturated carbocycles. The summed E-state index contributed by atoms with van der Waals surface area (Å²) >= 11 is 12.1. The van der Waals surface area contributed by atoms with Crippen molar-refractivity contribution in [3.05, 3.63) is 112 Å². The Morgan fingerprint density at radius 2 is 1.50 bits per heavy atom. The average Bonchev–Trinajstić information content (AvgIpc) is 2.90. The SMILES string of the molecule is O=C(NCc1ccccc1OC(F)(F)F)c1cc(Cl)ccc1NS(=O)(=O)c1ccc(Oc2ccccc2Cl)cc1. The zero-order valence-corrected chi connectivity index (χ0v) is 22.5. The molecule has 7 nitrogen and oxygen atoms in total. The topological polar surface area (TPSA) is 93.7 Å². The fraction of sp³-hybridized carbons (Fsp3) is 0.0741. The van der Waals surface area contributed by atoms with E-state index < -0.39 is 28.0 Å². The lowest BCUT2D eigenvalue weighted by Crippen LogP contribution is -2.26. The molecule has 4 aromatic rings. The minimum atomic E-state index is -4.92. The third kappa shape index (κ3) is 7.59. The lowest BCUT2D eigenvalue weighted by molar-refractivity contribution is -0.274. The summed E-state index contributed by atoms with van der Waals surface area (Å²) in [4.78, 5) is 12.8. The lowest BCUT2D eigenvalue weighted by Gasteiger charge is -2.15. The summed E-state index contributed by atoms with van der Waals surface area (Å²) in [5.74, 6) is -0.537. The van der Waals surface area contributed by atoms with Gasteiger partial charge in [0.25, 0.3) is 15.9 Å². The second-order valence-electron chi connectivity index (χ2n) is 8.14. The minimum absolute atomic E-state index is 0.0523. The molecule has 40 heavy (non-hydrogen) atoms. The van der Waals surface area contributed by atoms with E-state index in [1.807, 2.05) is 0 Å². The molecule has 0 aliphatic carbocycles. The smallest absolute Gasteiger partial charge is 0.456 e. The Bertz CT molecular complexity index is 1630. The third-order valence-corrected chi connectivity index (χ3v) is 7.24. The van der Waals surface area contributed by atoms with Crippen molar-refractivity contribution >= 4 is 44.8 Å². The molecule has 1 amide bonds. The number of hydrogen-bond acceptors (Lipinski definition) is 5. The van der Waals surface area contributed by atoms with Crippen molar-refractivity contribution in [2.24, 2.45) is 0 Å². The molecule has 4 aromatic carbocycles. The van der Waals surface area contributed by atoms with Crippen LogP contribution < -0.4 is 19.5 Å². The Labute approximate surface area is 237 Å². The van der Waals surface area contributed by atoms with Crippen LogP contribution >= 0.6 is 23.2 Å². The highest BCUT2D eigenvalue weighted by Gasteiger charge is 2.32. The first-order valence-corrected chi connectivity index (χ1v) is 13.6. The Hall–Kier alpha value is -3.93. The van der Waals surface area contributed by atoms with Gasteiger partial charge in [-0.2, -0.15) is 0 Å². The fourth-order valence-corrected chi connectivity index (χ4v) is 4.91. The van der Waals surface area contributed by atoms with Crippen LogP contribution in [0.5, 0.6) is 17.2 Å². The zero-order chi connectivity index (χ0) is 28.9. The summed E-state index contributed by atoms with van der Waals surface area (Å²) in [7, 11) is -4.17. The van der Waals surface area contributed by atoms with Crippen LogP contribution in [0.1, 0.15) is 15.9 Å². The predicted octanol–water partition coefficient (Wildman–Crippen LogP) is 7.42. The van der Waals surface area contributed by atoms with Crippen molar-refractivity contribution in [3.8, 4) is 17.2 Å². The van der Waals surface area contributed by atoms with Gasteiger partial charge < -0.3 is 14.8 Å². The van der Waals surface area contributed by atoms with Crippen molar-refractivity contribution in [3.63, 3.8) is 0 Å². The number of sulfonamides is 1. The van der Waals surface area contributed by atoms with E-state index in [9.17, 15) is 26.4 Å². The molecule has 0 fully saturated rings. The quantitative estimate of drug-likeness (QED) is 0.206. The summed E-state index contributed by atoms with van der Waals surface area (Å²) in [6.07, 6.45) is -4.92. The van der Waals surface area contributed by atoms with Gasteiger partial charge in [-0.3, -0.25) is 9.52 Å². The first-order chi connectivity index (χ1) is 18.9. The fourth-order valence-electron chi connectivity index (χ4n) is 3.48. The summed E-state index contributed by atoms with van der Waals surface area (Å²) < 4.78 is 76.3. The molecular formula is C27H19Cl2F3N2O5S. The van der Waals surface area contributed by atoms with Gasteiger partial charge >= 0.3 is 6.36 Å². The number of rotatable bonds is 9. The average molecular weight is 611 g/mol. The van der Waals surface area contributed by atoms with E-state index in [1.165, 1.54) is 60.7 Å². The number of anilines is 1. The molecule has 0 radical (unpaired) electrons.